The van der Waals surface area contributed by atoms with Gasteiger partial charge in [0.25, 0.3) is 5.91 Å². The zero-order valence-electron chi connectivity index (χ0n) is 17.0. The lowest BCUT2D eigenvalue weighted by Gasteiger charge is -2.23. The fourth-order valence-corrected chi connectivity index (χ4v) is 3.04. The van der Waals surface area contributed by atoms with Crippen LogP contribution in [0.4, 0.5) is 0 Å². The first-order valence-corrected chi connectivity index (χ1v) is 9.83. The fraction of sp³-hybridized carbons (Fsp3) is 0.318. The van der Waals surface area contributed by atoms with Crippen molar-refractivity contribution in [3.8, 4) is 22.6 Å². The number of hydrogen-bond donors (Lipinski definition) is 2. The summed E-state index contributed by atoms with van der Waals surface area (Å²) in [5.74, 6) is -0.279. The fourth-order valence-electron chi connectivity index (χ4n) is 2.91. The quantitative estimate of drug-likeness (QED) is 0.630. The minimum Gasteiger partial charge on any atom is -0.394 e. The van der Waals surface area contributed by atoms with Gasteiger partial charge in [-0.25, -0.2) is 4.98 Å². The molecule has 0 radical (unpaired) electrons. The van der Waals surface area contributed by atoms with Gasteiger partial charge in [-0.1, -0.05) is 23.7 Å². The maximum atomic E-state index is 12.9. The molecule has 152 valence electrons. The van der Waals surface area contributed by atoms with Gasteiger partial charge < -0.3 is 10.4 Å². The van der Waals surface area contributed by atoms with Crippen LogP contribution in [-0.2, 0) is 0 Å². The van der Waals surface area contributed by atoms with E-state index in [4.69, 9.17) is 16.6 Å². The third-order valence-electron chi connectivity index (χ3n) is 4.50. The number of aliphatic hydroxyl groups is 1. The number of carbonyl (C=O) groups is 1. The molecule has 0 bridgehead atoms. The van der Waals surface area contributed by atoms with Crippen LogP contribution in [0.5, 0.6) is 0 Å². The number of amides is 1. The van der Waals surface area contributed by atoms with Gasteiger partial charge in [-0.15, -0.1) is 0 Å². The maximum absolute atomic E-state index is 12.9. The molecule has 3 rings (SSSR count). The number of nitrogens with zero attached hydrogens (tertiary/aromatic N) is 3. The molecule has 2 aromatic heterocycles. The van der Waals surface area contributed by atoms with E-state index in [2.05, 4.69) is 10.4 Å². The Morgan fingerprint density at radius 2 is 1.83 bits per heavy atom. The molecule has 3 aromatic rings. The molecule has 0 saturated carbocycles. The second-order valence-corrected chi connectivity index (χ2v) is 8.32. The zero-order valence-corrected chi connectivity index (χ0v) is 17.7. The van der Waals surface area contributed by atoms with E-state index in [0.29, 0.717) is 22.0 Å². The number of carbonyl (C=O) groups excluding carboxylic acids is 1. The topological polar surface area (TPSA) is 80.0 Å². The molecule has 0 aliphatic heterocycles. The van der Waals surface area contributed by atoms with Crippen LogP contribution in [0.2, 0.25) is 5.02 Å². The van der Waals surface area contributed by atoms with Crippen molar-refractivity contribution in [2.75, 3.05) is 6.61 Å². The summed E-state index contributed by atoms with van der Waals surface area (Å²) in [5, 5.41) is 17.4. The summed E-state index contributed by atoms with van der Waals surface area (Å²) in [6, 6.07) is 12.8. The number of benzene rings is 1. The Labute approximate surface area is 175 Å². The molecule has 0 saturated heterocycles. The smallest absolute Gasteiger partial charge is 0.251 e. The molecule has 0 aliphatic carbocycles. The van der Waals surface area contributed by atoms with E-state index in [1.54, 1.807) is 44.3 Å². The molecule has 0 spiro atoms. The second-order valence-electron chi connectivity index (χ2n) is 7.88. The summed E-state index contributed by atoms with van der Waals surface area (Å²) >= 11 is 6.02. The summed E-state index contributed by atoms with van der Waals surface area (Å²) < 4.78 is 1.87. The van der Waals surface area contributed by atoms with Crippen LogP contribution >= 0.6 is 11.6 Å². The molecule has 6 nitrogen and oxygen atoms in total. The third-order valence-corrected chi connectivity index (χ3v) is 4.75. The monoisotopic (exact) mass is 412 g/mol. The SMILES string of the molecule is CC(C)n1nccc1-c1cc(C(=O)NC(C)(C)CO)cc(-c2ccc(Cl)cc2)n1. The summed E-state index contributed by atoms with van der Waals surface area (Å²) in [6.45, 7) is 7.44. The van der Waals surface area contributed by atoms with Gasteiger partial charge in [-0.3, -0.25) is 9.48 Å². The van der Waals surface area contributed by atoms with E-state index in [1.165, 1.54) is 0 Å². The van der Waals surface area contributed by atoms with E-state index in [9.17, 15) is 9.90 Å². The molecule has 0 unspecified atom stereocenters. The minimum atomic E-state index is -0.735. The van der Waals surface area contributed by atoms with E-state index < -0.39 is 5.54 Å². The van der Waals surface area contributed by atoms with Crippen molar-refractivity contribution in [3.05, 3.63) is 59.2 Å². The number of aliphatic hydroxyl groups excluding tert-OH is 1. The van der Waals surface area contributed by atoms with Gasteiger partial charge in [0.15, 0.2) is 0 Å². The first-order chi connectivity index (χ1) is 13.7. The lowest BCUT2D eigenvalue weighted by Crippen LogP contribution is -2.46. The Bertz CT molecular complexity index is 1010. The normalized spacial score (nSPS) is 11.7. The van der Waals surface area contributed by atoms with E-state index >= 15 is 0 Å². The molecule has 1 amide bonds. The van der Waals surface area contributed by atoms with Crippen molar-refractivity contribution >= 4 is 17.5 Å². The number of pyridine rings is 1. The van der Waals surface area contributed by atoms with Crippen molar-refractivity contribution in [1.82, 2.24) is 20.1 Å². The molecule has 0 atom stereocenters. The molecule has 2 heterocycles. The summed E-state index contributed by atoms with van der Waals surface area (Å²) in [7, 11) is 0. The highest BCUT2D eigenvalue weighted by Crippen LogP contribution is 2.27. The summed E-state index contributed by atoms with van der Waals surface area (Å²) in [4.78, 5) is 17.7. The van der Waals surface area contributed by atoms with Crippen LogP contribution in [0, 0.1) is 0 Å². The van der Waals surface area contributed by atoms with E-state index in [1.807, 2.05) is 36.7 Å². The van der Waals surface area contributed by atoms with Crippen molar-refractivity contribution in [1.29, 1.82) is 0 Å². The van der Waals surface area contributed by atoms with Crippen molar-refractivity contribution in [2.24, 2.45) is 0 Å². The van der Waals surface area contributed by atoms with Crippen molar-refractivity contribution < 1.29 is 9.90 Å². The molecule has 0 aliphatic rings. The van der Waals surface area contributed by atoms with Gasteiger partial charge in [0.05, 0.1) is 29.2 Å². The lowest BCUT2D eigenvalue weighted by atomic mass is 10.0. The van der Waals surface area contributed by atoms with Crippen LogP contribution in [-0.4, -0.2) is 37.9 Å². The van der Waals surface area contributed by atoms with Gasteiger partial charge in [0.2, 0.25) is 0 Å². The Balaban J connectivity index is 2.13. The molecule has 0 fully saturated rings. The van der Waals surface area contributed by atoms with E-state index in [-0.39, 0.29) is 18.6 Å². The summed E-state index contributed by atoms with van der Waals surface area (Å²) in [6.07, 6.45) is 1.72. The Kier molecular flexibility index (Phi) is 6.05. The van der Waals surface area contributed by atoms with Crippen LogP contribution < -0.4 is 5.32 Å². The van der Waals surface area contributed by atoms with Gasteiger partial charge >= 0.3 is 0 Å². The van der Waals surface area contributed by atoms with Crippen LogP contribution in [0.1, 0.15) is 44.1 Å². The molecule has 29 heavy (non-hydrogen) atoms. The number of halogens is 1. The van der Waals surface area contributed by atoms with E-state index in [0.717, 1.165) is 11.3 Å². The second kappa shape index (κ2) is 8.35. The van der Waals surface area contributed by atoms with Crippen LogP contribution in [0.15, 0.2) is 48.7 Å². The first-order valence-electron chi connectivity index (χ1n) is 9.45. The molecule has 7 heteroatoms. The average molecular weight is 413 g/mol. The highest BCUT2D eigenvalue weighted by molar-refractivity contribution is 6.30. The zero-order chi connectivity index (χ0) is 21.2. The Morgan fingerprint density at radius 3 is 2.45 bits per heavy atom. The molecular weight excluding hydrogens is 388 g/mol. The van der Waals surface area contributed by atoms with Crippen molar-refractivity contribution in [3.63, 3.8) is 0 Å². The van der Waals surface area contributed by atoms with Crippen LogP contribution in [0.25, 0.3) is 22.6 Å². The Hall–Kier alpha value is -2.70. The predicted octanol–water partition coefficient (Wildman–Crippen LogP) is 4.35. The number of hydrogen-bond acceptors (Lipinski definition) is 4. The predicted molar refractivity (Wildman–Crippen MR) is 115 cm³/mol. The number of aromatic nitrogens is 3. The highest BCUT2D eigenvalue weighted by atomic mass is 35.5. The van der Waals surface area contributed by atoms with Gasteiger partial charge in [0.1, 0.15) is 0 Å². The lowest BCUT2D eigenvalue weighted by molar-refractivity contribution is 0.0869. The highest BCUT2D eigenvalue weighted by Gasteiger charge is 2.22. The van der Waals surface area contributed by atoms with Crippen molar-refractivity contribution in [2.45, 2.75) is 39.3 Å². The molecular formula is C22H25ClN4O2. The van der Waals surface area contributed by atoms with Gasteiger partial charge in [-0.05, 0) is 58.0 Å². The minimum absolute atomic E-state index is 0.145. The number of nitrogens with one attached hydrogen (secondary N) is 1. The largest absolute Gasteiger partial charge is 0.394 e. The van der Waals surface area contributed by atoms with Crippen LogP contribution in [0.3, 0.4) is 0 Å². The maximum Gasteiger partial charge on any atom is 0.251 e. The summed E-state index contributed by atoms with van der Waals surface area (Å²) in [5.41, 5.74) is 2.70. The standard InChI is InChI=1S/C22H25ClN4O2/c1-14(2)27-20(9-10-24-27)19-12-16(21(29)26-22(3,4)13-28)11-18(25-19)15-5-7-17(23)8-6-15/h5-12,14,28H,13H2,1-4H3,(H,26,29). The third kappa shape index (κ3) is 4.83. The average Bonchev–Trinajstić information content (AvgIpc) is 3.18. The number of rotatable bonds is 6. The first kappa shape index (κ1) is 21.0. The molecule has 2 N–H and O–H groups in total. The Morgan fingerprint density at radius 1 is 1.17 bits per heavy atom. The van der Waals surface area contributed by atoms with Gasteiger partial charge in [-0.2, -0.15) is 5.10 Å². The van der Waals surface area contributed by atoms with Gasteiger partial charge in [0, 0.05) is 28.4 Å². The molecule has 1 aromatic carbocycles.